The van der Waals surface area contributed by atoms with Gasteiger partial charge in [0.05, 0.1) is 17.5 Å². The molecule has 1 heterocycles. The highest BCUT2D eigenvalue weighted by Crippen LogP contribution is 2.32. The van der Waals surface area contributed by atoms with Gasteiger partial charge >= 0.3 is 0 Å². The molecule has 3 rings (SSSR count). The van der Waals surface area contributed by atoms with Crippen molar-refractivity contribution in [3.8, 4) is 5.75 Å². The van der Waals surface area contributed by atoms with Gasteiger partial charge in [-0.1, -0.05) is 0 Å². The molecule has 1 aliphatic heterocycles. The summed E-state index contributed by atoms with van der Waals surface area (Å²) >= 11 is 0. The third-order valence-electron chi connectivity index (χ3n) is 3.99. The van der Waals surface area contributed by atoms with Gasteiger partial charge in [-0.2, -0.15) is 0 Å². The van der Waals surface area contributed by atoms with Crippen molar-refractivity contribution in [2.24, 2.45) is 5.14 Å². The maximum atomic E-state index is 13.6. The number of sulfonamides is 1. The molecule has 2 aromatic rings. The molecule has 6 nitrogen and oxygen atoms in total. The van der Waals surface area contributed by atoms with Crippen LogP contribution in [-0.4, -0.2) is 20.9 Å². The van der Waals surface area contributed by atoms with E-state index >= 15 is 0 Å². The molecule has 0 spiro atoms. The van der Waals surface area contributed by atoms with E-state index in [2.05, 4.69) is 5.32 Å². The van der Waals surface area contributed by atoms with E-state index in [1.54, 1.807) is 6.07 Å². The van der Waals surface area contributed by atoms with E-state index in [0.717, 1.165) is 0 Å². The van der Waals surface area contributed by atoms with Crippen LogP contribution >= 0.6 is 0 Å². The predicted octanol–water partition coefficient (Wildman–Crippen LogP) is 2.12. The maximum Gasteiger partial charge on any atom is 0.251 e. The minimum Gasteiger partial charge on any atom is -0.493 e. The Hall–Kier alpha value is -2.45. The molecular formula is C17H17FN2O4S. The van der Waals surface area contributed by atoms with Crippen molar-refractivity contribution in [1.29, 1.82) is 0 Å². The number of carbonyl (C=O) groups is 1. The molecule has 132 valence electrons. The fraction of sp³-hybridized carbons (Fsp3) is 0.235. The van der Waals surface area contributed by atoms with E-state index in [0.29, 0.717) is 30.8 Å². The first-order valence-corrected chi connectivity index (χ1v) is 9.25. The Morgan fingerprint density at radius 3 is 2.60 bits per heavy atom. The normalized spacial score (nSPS) is 17.1. The van der Waals surface area contributed by atoms with Gasteiger partial charge in [0.15, 0.2) is 0 Å². The predicted molar refractivity (Wildman–Crippen MR) is 89.2 cm³/mol. The van der Waals surface area contributed by atoms with Crippen LogP contribution in [0.1, 0.15) is 34.8 Å². The molecule has 0 aromatic heterocycles. The van der Waals surface area contributed by atoms with Crippen LogP contribution < -0.4 is 15.2 Å². The lowest BCUT2D eigenvalue weighted by Crippen LogP contribution is -2.28. The summed E-state index contributed by atoms with van der Waals surface area (Å²) < 4.78 is 41.7. The molecule has 0 bridgehead atoms. The van der Waals surface area contributed by atoms with Crippen LogP contribution in [0.3, 0.4) is 0 Å². The Balaban J connectivity index is 1.82. The quantitative estimate of drug-likeness (QED) is 0.871. The second-order valence-electron chi connectivity index (χ2n) is 5.77. The number of nitrogens with one attached hydrogen (secondary N) is 1. The molecule has 1 aliphatic rings. The largest absolute Gasteiger partial charge is 0.493 e. The number of ether oxygens (including phenoxy) is 1. The molecule has 1 unspecified atom stereocenters. The maximum absolute atomic E-state index is 13.6. The van der Waals surface area contributed by atoms with Gasteiger partial charge in [-0.3, -0.25) is 4.79 Å². The third-order valence-corrected chi connectivity index (χ3v) is 4.92. The summed E-state index contributed by atoms with van der Waals surface area (Å²) in [6.45, 7) is 0.494. The molecule has 8 heteroatoms. The van der Waals surface area contributed by atoms with Crippen molar-refractivity contribution in [2.75, 3.05) is 6.61 Å². The summed E-state index contributed by atoms with van der Waals surface area (Å²) in [4.78, 5) is 12.4. The first-order chi connectivity index (χ1) is 11.8. The van der Waals surface area contributed by atoms with E-state index in [-0.39, 0.29) is 16.4 Å². The molecule has 1 amide bonds. The standard InChI is InChI=1S/C17H17FN2O4S/c18-12-5-8-16-14(10-12)15(2-1-9-24-16)20-17(21)11-3-6-13(7-4-11)25(19,22)23/h3-8,10,15H,1-2,9H2,(H,20,21)(H2,19,22,23). The van der Waals surface area contributed by atoms with Crippen molar-refractivity contribution >= 4 is 15.9 Å². The second-order valence-corrected chi connectivity index (χ2v) is 7.33. The molecule has 2 aromatic carbocycles. The summed E-state index contributed by atoms with van der Waals surface area (Å²) in [7, 11) is -3.81. The average molecular weight is 364 g/mol. The minimum absolute atomic E-state index is 0.0701. The van der Waals surface area contributed by atoms with Crippen molar-refractivity contribution in [3.63, 3.8) is 0 Å². The number of nitrogens with two attached hydrogens (primary N) is 1. The smallest absolute Gasteiger partial charge is 0.251 e. The zero-order valence-electron chi connectivity index (χ0n) is 13.2. The number of carbonyl (C=O) groups excluding carboxylic acids is 1. The molecule has 3 N–H and O–H groups in total. The summed E-state index contributed by atoms with van der Waals surface area (Å²) in [5.41, 5.74) is 0.877. The Labute approximate surface area is 144 Å². The van der Waals surface area contributed by atoms with E-state index in [9.17, 15) is 17.6 Å². The molecule has 0 fully saturated rings. The summed E-state index contributed by atoms with van der Waals surface area (Å²) in [6.07, 6.45) is 1.32. The number of halogens is 1. The van der Waals surface area contributed by atoms with Crippen LogP contribution in [0.25, 0.3) is 0 Å². The van der Waals surface area contributed by atoms with E-state index < -0.39 is 21.9 Å². The molecule has 0 aliphatic carbocycles. The van der Waals surface area contributed by atoms with Gasteiger partial charge in [0.25, 0.3) is 5.91 Å². The van der Waals surface area contributed by atoms with Gasteiger partial charge in [0.2, 0.25) is 10.0 Å². The van der Waals surface area contributed by atoms with Crippen LogP contribution in [-0.2, 0) is 10.0 Å². The second kappa shape index (κ2) is 6.81. The topological polar surface area (TPSA) is 98.5 Å². The number of fused-ring (bicyclic) bond motifs is 1. The summed E-state index contributed by atoms with van der Waals surface area (Å²) in [5.74, 6) is -0.238. The fourth-order valence-electron chi connectivity index (χ4n) is 2.74. The molecule has 1 atom stereocenters. The number of rotatable bonds is 3. The summed E-state index contributed by atoms with van der Waals surface area (Å²) in [5, 5.41) is 7.89. The van der Waals surface area contributed by atoms with Crippen LogP contribution in [0.4, 0.5) is 4.39 Å². The van der Waals surface area contributed by atoms with Crippen LogP contribution in [0.5, 0.6) is 5.75 Å². The zero-order valence-corrected chi connectivity index (χ0v) is 14.1. The monoisotopic (exact) mass is 364 g/mol. The number of hydrogen-bond acceptors (Lipinski definition) is 4. The molecule has 0 saturated heterocycles. The highest BCUT2D eigenvalue weighted by Gasteiger charge is 2.23. The number of hydrogen-bond donors (Lipinski definition) is 2. The first-order valence-electron chi connectivity index (χ1n) is 7.70. The first kappa shape index (κ1) is 17.4. The van der Waals surface area contributed by atoms with Crippen LogP contribution in [0.15, 0.2) is 47.4 Å². The van der Waals surface area contributed by atoms with E-state index in [1.165, 1.54) is 36.4 Å². The van der Waals surface area contributed by atoms with Gasteiger partial charge < -0.3 is 10.1 Å². The Morgan fingerprint density at radius 1 is 1.20 bits per heavy atom. The minimum atomic E-state index is -3.81. The Kier molecular flexibility index (Phi) is 4.73. The SMILES string of the molecule is NS(=O)(=O)c1ccc(C(=O)NC2CCCOc3ccc(F)cc32)cc1. The van der Waals surface area contributed by atoms with Crippen LogP contribution in [0.2, 0.25) is 0 Å². The van der Waals surface area contributed by atoms with Gasteiger partial charge in [-0.25, -0.2) is 17.9 Å². The average Bonchev–Trinajstić information content (AvgIpc) is 2.76. The fourth-order valence-corrected chi connectivity index (χ4v) is 3.25. The molecule has 25 heavy (non-hydrogen) atoms. The van der Waals surface area contributed by atoms with Gasteiger partial charge in [0.1, 0.15) is 11.6 Å². The van der Waals surface area contributed by atoms with Crippen molar-refractivity contribution in [2.45, 2.75) is 23.8 Å². The highest BCUT2D eigenvalue weighted by atomic mass is 32.2. The van der Waals surface area contributed by atoms with Gasteiger partial charge in [0, 0.05) is 11.1 Å². The van der Waals surface area contributed by atoms with Crippen molar-refractivity contribution in [3.05, 3.63) is 59.4 Å². The van der Waals surface area contributed by atoms with Gasteiger partial charge in [-0.15, -0.1) is 0 Å². The van der Waals surface area contributed by atoms with Gasteiger partial charge in [-0.05, 0) is 55.3 Å². The number of amides is 1. The molecular weight excluding hydrogens is 347 g/mol. The number of benzene rings is 2. The lowest BCUT2D eigenvalue weighted by atomic mass is 10.0. The highest BCUT2D eigenvalue weighted by molar-refractivity contribution is 7.89. The van der Waals surface area contributed by atoms with E-state index in [1.807, 2.05) is 0 Å². The zero-order chi connectivity index (χ0) is 18.0. The lowest BCUT2D eigenvalue weighted by molar-refractivity contribution is 0.0934. The Bertz CT molecular complexity index is 897. The number of primary sulfonamides is 1. The summed E-state index contributed by atoms with van der Waals surface area (Å²) in [6, 6.07) is 9.14. The van der Waals surface area contributed by atoms with Crippen LogP contribution in [0, 0.1) is 5.82 Å². The lowest BCUT2D eigenvalue weighted by Gasteiger charge is -2.18. The molecule has 0 radical (unpaired) electrons. The van der Waals surface area contributed by atoms with Crippen molar-refractivity contribution < 1.29 is 22.3 Å². The van der Waals surface area contributed by atoms with E-state index in [4.69, 9.17) is 9.88 Å². The molecule has 0 saturated carbocycles. The Morgan fingerprint density at radius 2 is 1.92 bits per heavy atom. The van der Waals surface area contributed by atoms with Crippen molar-refractivity contribution in [1.82, 2.24) is 5.32 Å². The third kappa shape index (κ3) is 3.97.